The van der Waals surface area contributed by atoms with E-state index in [2.05, 4.69) is 4.98 Å². The highest BCUT2D eigenvalue weighted by molar-refractivity contribution is 5.91. The molecule has 0 aliphatic carbocycles. The smallest absolute Gasteiger partial charge is 0.246 e. The predicted molar refractivity (Wildman–Crippen MR) is 80.9 cm³/mol. The van der Waals surface area contributed by atoms with E-state index in [1.165, 1.54) is 0 Å². The molecule has 0 aliphatic rings. The average Bonchev–Trinajstić information content (AvgIpc) is 2.53. The number of carbonyl (C=O) groups is 1. The molecule has 1 heterocycles. The third-order valence-corrected chi connectivity index (χ3v) is 3.31. The Morgan fingerprint density at radius 2 is 1.95 bits per heavy atom. The second kappa shape index (κ2) is 6.66. The van der Waals surface area contributed by atoms with Gasteiger partial charge in [-0.1, -0.05) is 36.4 Å². The number of aromatic nitrogens is 1. The van der Waals surface area contributed by atoms with Crippen LogP contribution in [0.4, 0.5) is 0 Å². The van der Waals surface area contributed by atoms with Gasteiger partial charge in [0.05, 0.1) is 6.04 Å². The monoisotopic (exact) mass is 266 g/mol. The Labute approximate surface area is 119 Å². The van der Waals surface area contributed by atoms with Crippen LogP contribution in [0.2, 0.25) is 0 Å². The molecule has 0 N–H and O–H groups in total. The predicted octanol–water partition coefficient (Wildman–Crippen LogP) is 3.31. The molecule has 3 nitrogen and oxygen atoms in total. The summed E-state index contributed by atoms with van der Waals surface area (Å²) in [6.45, 7) is 2.02. The molecule has 2 aromatic rings. The molecule has 2 rings (SSSR count). The van der Waals surface area contributed by atoms with Gasteiger partial charge in [-0.15, -0.1) is 0 Å². The number of rotatable bonds is 4. The summed E-state index contributed by atoms with van der Waals surface area (Å²) < 4.78 is 0. The van der Waals surface area contributed by atoms with Crippen LogP contribution in [-0.4, -0.2) is 22.8 Å². The first-order valence-corrected chi connectivity index (χ1v) is 6.58. The van der Waals surface area contributed by atoms with Crippen molar-refractivity contribution in [3.63, 3.8) is 0 Å². The van der Waals surface area contributed by atoms with Crippen LogP contribution in [-0.2, 0) is 4.79 Å². The molecule has 1 unspecified atom stereocenters. The van der Waals surface area contributed by atoms with E-state index in [4.69, 9.17) is 0 Å². The van der Waals surface area contributed by atoms with Crippen LogP contribution in [0.3, 0.4) is 0 Å². The van der Waals surface area contributed by atoms with Crippen molar-refractivity contribution in [3.05, 3.63) is 72.1 Å². The number of nitrogens with zero attached hydrogens (tertiary/aromatic N) is 2. The van der Waals surface area contributed by atoms with Gasteiger partial charge in [0.25, 0.3) is 0 Å². The summed E-state index contributed by atoms with van der Waals surface area (Å²) in [6, 6.07) is 13.8. The number of hydrogen-bond donors (Lipinski definition) is 0. The van der Waals surface area contributed by atoms with Crippen LogP contribution in [0.15, 0.2) is 60.9 Å². The van der Waals surface area contributed by atoms with Gasteiger partial charge in [0.2, 0.25) is 5.91 Å². The number of pyridine rings is 1. The molecule has 1 amide bonds. The molecule has 0 aliphatic heterocycles. The lowest BCUT2D eigenvalue weighted by Crippen LogP contribution is -2.27. The Kier molecular flexibility index (Phi) is 4.66. The average molecular weight is 266 g/mol. The molecule has 0 fully saturated rings. The van der Waals surface area contributed by atoms with Gasteiger partial charge in [0.15, 0.2) is 0 Å². The SMILES string of the molecule is CC(c1ccccc1)N(C)C(=O)C=Cc1cccnc1. The summed E-state index contributed by atoms with van der Waals surface area (Å²) in [6.07, 6.45) is 6.80. The van der Waals surface area contributed by atoms with E-state index < -0.39 is 0 Å². The first kappa shape index (κ1) is 14.0. The van der Waals surface area contributed by atoms with Crippen molar-refractivity contribution in [2.24, 2.45) is 0 Å². The molecule has 0 radical (unpaired) electrons. The third-order valence-electron chi connectivity index (χ3n) is 3.31. The van der Waals surface area contributed by atoms with E-state index in [1.54, 1.807) is 29.4 Å². The van der Waals surface area contributed by atoms with Gasteiger partial charge in [0, 0.05) is 25.5 Å². The topological polar surface area (TPSA) is 33.2 Å². The number of amides is 1. The standard InChI is InChI=1S/C17H18N2O/c1-14(16-8-4-3-5-9-16)19(2)17(20)11-10-15-7-6-12-18-13-15/h3-14H,1-2H3. The lowest BCUT2D eigenvalue weighted by molar-refractivity contribution is -0.126. The van der Waals surface area contributed by atoms with Crippen LogP contribution < -0.4 is 0 Å². The molecule has 102 valence electrons. The molecule has 0 saturated carbocycles. The lowest BCUT2D eigenvalue weighted by atomic mass is 10.1. The molecule has 1 aromatic carbocycles. The second-order valence-corrected chi connectivity index (χ2v) is 4.66. The maximum atomic E-state index is 12.1. The Hall–Kier alpha value is -2.42. The van der Waals surface area contributed by atoms with Gasteiger partial charge in [0.1, 0.15) is 0 Å². The number of carbonyl (C=O) groups excluding carboxylic acids is 1. The zero-order valence-electron chi connectivity index (χ0n) is 11.7. The molecule has 1 aromatic heterocycles. The molecule has 1 atom stereocenters. The minimum Gasteiger partial charge on any atom is -0.335 e. The highest BCUT2D eigenvalue weighted by Crippen LogP contribution is 2.18. The first-order valence-electron chi connectivity index (χ1n) is 6.58. The number of likely N-dealkylation sites (N-methyl/N-ethyl adjacent to an activating group) is 1. The summed E-state index contributed by atoms with van der Waals surface area (Å²) in [5, 5.41) is 0. The van der Waals surface area contributed by atoms with Crippen molar-refractivity contribution < 1.29 is 4.79 Å². The maximum Gasteiger partial charge on any atom is 0.246 e. The molecule has 3 heteroatoms. The van der Waals surface area contributed by atoms with Gasteiger partial charge in [-0.25, -0.2) is 0 Å². The third kappa shape index (κ3) is 3.54. The highest BCUT2D eigenvalue weighted by Gasteiger charge is 2.14. The van der Waals surface area contributed by atoms with Crippen molar-refractivity contribution in [1.29, 1.82) is 0 Å². The Bertz CT molecular complexity index is 578. The number of benzene rings is 1. The summed E-state index contributed by atoms with van der Waals surface area (Å²) in [5.41, 5.74) is 2.04. The molecule has 0 saturated heterocycles. The molecule has 0 spiro atoms. The van der Waals surface area contributed by atoms with E-state index in [-0.39, 0.29) is 11.9 Å². The normalized spacial score (nSPS) is 12.3. The van der Waals surface area contributed by atoms with Gasteiger partial charge in [-0.05, 0) is 30.2 Å². The van der Waals surface area contributed by atoms with Crippen LogP contribution in [0, 0.1) is 0 Å². The van der Waals surface area contributed by atoms with Crippen LogP contribution in [0.25, 0.3) is 6.08 Å². The van der Waals surface area contributed by atoms with Crippen molar-refractivity contribution >= 4 is 12.0 Å². The van der Waals surface area contributed by atoms with E-state index in [1.807, 2.05) is 56.4 Å². The fraction of sp³-hybridized carbons (Fsp3) is 0.176. The van der Waals surface area contributed by atoms with Gasteiger partial charge >= 0.3 is 0 Å². The largest absolute Gasteiger partial charge is 0.335 e. The van der Waals surface area contributed by atoms with Gasteiger partial charge in [-0.2, -0.15) is 0 Å². The lowest BCUT2D eigenvalue weighted by Gasteiger charge is -2.24. The minimum absolute atomic E-state index is 0.0230. The second-order valence-electron chi connectivity index (χ2n) is 4.66. The molecule has 0 bridgehead atoms. The van der Waals surface area contributed by atoms with Gasteiger partial charge < -0.3 is 4.90 Å². The molecule has 20 heavy (non-hydrogen) atoms. The number of hydrogen-bond acceptors (Lipinski definition) is 2. The zero-order chi connectivity index (χ0) is 14.4. The Morgan fingerprint density at radius 1 is 1.20 bits per heavy atom. The molecular formula is C17H18N2O. The summed E-state index contributed by atoms with van der Waals surface area (Å²) >= 11 is 0. The van der Waals surface area contributed by atoms with E-state index in [9.17, 15) is 4.79 Å². The summed E-state index contributed by atoms with van der Waals surface area (Å²) in [4.78, 5) is 17.9. The summed E-state index contributed by atoms with van der Waals surface area (Å²) in [7, 11) is 1.81. The zero-order valence-corrected chi connectivity index (χ0v) is 11.7. The van der Waals surface area contributed by atoms with Gasteiger partial charge in [-0.3, -0.25) is 9.78 Å². The first-order chi connectivity index (χ1) is 9.68. The van der Waals surface area contributed by atoms with E-state index >= 15 is 0 Å². The minimum atomic E-state index is -0.0230. The summed E-state index contributed by atoms with van der Waals surface area (Å²) in [5.74, 6) is -0.0230. The van der Waals surface area contributed by atoms with Crippen LogP contribution in [0.1, 0.15) is 24.1 Å². The van der Waals surface area contributed by atoms with E-state index in [0.717, 1.165) is 11.1 Å². The van der Waals surface area contributed by atoms with Crippen molar-refractivity contribution in [2.75, 3.05) is 7.05 Å². The Morgan fingerprint density at radius 3 is 2.60 bits per heavy atom. The molecular weight excluding hydrogens is 248 g/mol. The highest BCUT2D eigenvalue weighted by atomic mass is 16.2. The quantitative estimate of drug-likeness (QED) is 0.795. The van der Waals surface area contributed by atoms with Crippen molar-refractivity contribution in [1.82, 2.24) is 9.88 Å². The fourth-order valence-electron chi connectivity index (χ4n) is 1.91. The Balaban J connectivity index is 2.04. The van der Waals surface area contributed by atoms with Crippen LogP contribution in [0.5, 0.6) is 0 Å². The van der Waals surface area contributed by atoms with Crippen molar-refractivity contribution in [2.45, 2.75) is 13.0 Å². The van der Waals surface area contributed by atoms with Crippen LogP contribution >= 0.6 is 0 Å². The fourth-order valence-corrected chi connectivity index (χ4v) is 1.91. The van der Waals surface area contributed by atoms with E-state index in [0.29, 0.717) is 0 Å². The maximum absolute atomic E-state index is 12.1. The van der Waals surface area contributed by atoms with Crippen molar-refractivity contribution in [3.8, 4) is 0 Å².